The minimum absolute atomic E-state index is 0. The Morgan fingerprint density at radius 2 is 1.67 bits per heavy atom. The SMILES string of the molecule is CCCCOCC[N+](C)(C)C.[Br-]. The Balaban J connectivity index is 0. The van der Waals surface area contributed by atoms with E-state index in [9.17, 15) is 0 Å². The second-order valence-corrected chi connectivity index (χ2v) is 3.98. The third kappa shape index (κ3) is 13.0. The summed E-state index contributed by atoms with van der Waals surface area (Å²) in [6.07, 6.45) is 2.42. The van der Waals surface area contributed by atoms with Crippen molar-refractivity contribution in [1.29, 1.82) is 0 Å². The van der Waals surface area contributed by atoms with E-state index < -0.39 is 0 Å². The fourth-order valence-corrected chi connectivity index (χ4v) is 0.687. The lowest BCUT2D eigenvalue weighted by molar-refractivity contribution is -0.870. The summed E-state index contributed by atoms with van der Waals surface area (Å²) in [5, 5.41) is 0. The first-order valence-electron chi connectivity index (χ1n) is 4.44. The lowest BCUT2D eigenvalue weighted by atomic mass is 10.4. The van der Waals surface area contributed by atoms with E-state index in [4.69, 9.17) is 4.74 Å². The molecule has 0 aliphatic rings. The molecular weight excluding hydrogens is 218 g/mol. The summed E-state index contributed by atoms with van der Waals surface area (Å²) in [6, 6.07) is 0. The van der Waals surface area contributed by atoms with E-state index in [1.165, 1.54) is 12.8 Å². The molecule has 76 valence electrons. The normalized spacial score (nSPS) is 11.0. The van der Waals surface area contributed by atoms with Crippen molar-refractivity contribution in [2.75, 3.05) is 40.9 Å². The van der Waals surface area contributed by atoms with E-state index in [1.807, 2.05) is 0 Å². The van der Waals surface area contributed by atoms with Crippen molar-refractivity contribution in [3.8, 4) is 0 Å². The molecule has 0 heterocycles. The van der Waals surface area contributed by atoms with Crippen LogP contribution in [0.5, 0.6) is 0 Å². The first-order valence-corrected chi connectivity index (χ1v) is 4.44. The summed E-state index contributed by atoms with van der Waals surface area (Å²) >= 11 is 0. The molecule has 0 rings (SSSR count). The monoisotopic (exact) mass is 239 g/mol. The Hall–Kier alpha value is 0.400. The van der Waals surface area contributed by atoms with Gasteiger partial charge in [-0.3, -0.25) is 0 Å². The number of quaternary nitrogens is 1. The molecule has 0 aromatic carbocycles. The zero-order valence-electron chi connectivity index (χ0n) is 8.77. The highest BCUT2D eigenvalue weighted by Gasteiger charge is 2.04. The Kier molecular flexibility index (Phi) is 9.96. The fraction of sp³-hybridized carbons (Fsp3) is 1.00. The van der Waals surface area contributed by atoms with Crippen LogP contribution in [0.4, 0.5) is 0 Å². The van der Waals surface area contributed by atoms with Crippen LogP contribution in [-0.2, 0) is 4.74 Å². The molecule has 0 aromatic rings. The van der Waals surface area contributed by atoms with Crippen LogP contribution in [0, 0.1) is 0 Å². The largest absolute Gasteiger partial charge is 1.00 e. The van der Waals surface area contributed by atoms with Gasteiger partial charge in [0.1, 0.15) is 6.54 Å². The molecule has 0 N–H and O–H groups in total. The van der Waals surface area contributed by atoms with Crippen molar-refractivity contribution in [2.24, 2.45) is 0 Å². The first kappa shape index (κ1) is 14.9. The predicted octanol–water partition coefficient (Wildman–Crippen LogP) is -1.49. The highest BCUT2D eigenvalue weighted by atomic mass is 79.9. The first-order chi connectivity index (χ1) is 5.06. The molecule has 0 aliphatic carbocycles. The molecule has 0 fully saturated rings. The highest BCUT2D eigenvalue weighted by molar-refractivity contribution is 4.32. The molecule has 0 amide bonds. The van der Waals surface area contributed by atoms with Crippen molar-refractivity contribution in [2.45, 2.75) is 19.8 Å². The molecule has 0 spiro atoms. The molecule has 0 unspecified atom stereocenters. The maximum Gasteiger partial charge on any atom is 0.102 e. The van der Waals surface area contributed by atoms with E-state index in [1.54, 1.807) is 0 Å². The fourth-order valence-electron chi connectivity index (χ4n) is 0.687. The highest BCUT2D eigenvalue weighted by Crippen LogP contribution is 1.91. The van der Waals surface area contributed by atoms with Crippen molar-refractivity contribution in [1.82, 2.24) is 0 Å². The maximum atomic E-state index is 5.43. The predicted molar refractivity (Wildman–Crippen MR) is 48.6 cm³/mol. The molecule has 0 aliphatic heterocycles. The molecule has 2 nitrogen and oxygen atoms in total. The number of unbranched alkanes of at least 4 members (excludes halogenated alkanes) is 1. The van der Waals surface area contributed by atoms with Crippen LogP contribution in [0.2, 0.25) is 0 Å². The van der Waals surface area contributed by atoms with E-state index in [-0.39, 0.29) is 17.0 Å². The lowest BCUT2D eigenvalue weighted by Gasteiger charge is -2.23. The number of likely N-dealkylation sites (N-methyl/N-ethyl adjacent to an activating group) is 1. The van der Waals surface area contributed by atoms with Crippen LogP contribution in [0.15, 0.2) is 0 Å². The standard InChI is InChI=1S/C9H22NO.BrH/c1-5-6-8-11-9-7-10(2,3)4;/h5-9H2,1-4H3;1H/q+1;/p-1. The number of hydrogen-bond donors (Lipinski definition) is 0. The molecule has 0 saturated heterocycles. The summed E-state index contributed by atoms with van der Waals surface area (Å²) in [4.78, 5) is 0. The van der Waals surface area contributed by atoms with Gasteiger partial charge in [0.25, 0.3) is 0 Å². The van der Waals surface area contributed by atoms with Crippen molar-refractivity contribution >= 4 is 0 Å². The number of halogens is 1. The number of hydrogen-bond acceptors (Lipinski definition) is 1. The van der Waals surface area contributed by atoms with Crippen molar-refractivity contribution in [3.05, 3.63) is 0 Å². The summed E-state index contributed by atoms with van der Waals surface area (Å²) in [7, 11) is 6.55. The zero-order chi connectivity index (χ0) is 8.74. The van der Waals surface area contributed by atoms with Gasteiger partial charge in [-0.2, -0.15) is 0 Å². The maximum absolute atomic E-state index is 5.43. The van der Waals surface area contributed by atoms with E-state index >= 15 is 0 Å². The summed E-state index contributed by atoms with van der Waals surface area (Å²) in [6.45, 7) is 5.10. The van der Waals surface area contributed by atoms with Crippen LogP contribution in [0.25, 0.3) is 0 Å². The Labute approximate surface area is 87.3 Å². The molecule has 0 atom stereocenters. The Bertz CT molecular complexity index is 91.0. The second kappa shape index (κ2) is 8.02. The average molecular weight is 240 g/mol. The van der Waals surface area contributed by atoms with Gasteiger partial charge in [0.2, 0.25) is 0 Å². The zero-order valence-corrected chi connectivity index (χ0v) is 10.4. The third-order valence-corrected chi connectivity index (χ3v) is 1.55. The van der Waals surface area contributed by atoms with E-state index in [0.29, 0.717) is 0 Å². The molecular formula is C9H22BrNO. The Morgan fingerprint density at radius 1 is 1.08 bits per heavy atom. The van der Waals surface area contributed by atoms with Gasteiger partial charge in [0.05, 0.1) is 27.7 Å². The van der Waals surface area contributed by atoms with Gasteiger partial charge in [0, 0.05) is 6.61 Å². The summed E-state index contributed by atoms with van der Waals surface area (Å²) in [5.74, 6) is 0. The topological polar surface area (TPSA) is 9.23 Å². The van der Waals surface area contributed by atoms with Gasteiger partial charge in [-0.15, -0.1) is 0 Å². The van der Waals surface area contributed by atoms with Gasteiger partial charge < -0.3 is 26.2 Å². The van der Waals surface area contributed by atoms with Crippen LogP contribution in [0.1, 0.15) is 19.8 Å². The molecule has 12 heavy (non-hydrogen) atoms. The quantitative estimate of drug-likeness (QED) is 0.406. The van der Waals surface area contributed by atoms with E-state index in [0.717, 1.165) is 24.2 Å². The molecule has 0 bridgehead atoms. The average Bonchev–Trinajstić information content (AvgIpc) is 1.85. The van der Waals surface area contributed by atoms with Crippen LogP contribution >= 0.6 is 0 Å². The Morgan fingerprint density at radius 3 is 2.08 bits per heavy atom. The van der Waals surface area contributed by atoms with E-state index in [2.05, 4.69) is 28.1 Å². The van der Waals surface area contributed by atoms with Crippen LogP contribution in [-0.4, -0.2) is 45.4 Å². The number of rotatable bonds is 6. The number of nitrogens with zero attached hydrogens (tertiary/aromatic N) is 1. The van der Waals surface area contributed by atoms with Crippen LogP contribution < -0.4 is 17.0 Å². The third-order valence-electron chi connectivity index (χ3n) is 1.55. The summed E-state index contributed by atoms with van der Waals surface area (Å²) < 4.78 is 6.43. The van der Waals surface area contributed by atoms with Crippen LogP contribution in [0.3, 0.4) is 0 Å². The summed E-state index contributed by atoms with van der Waals surface area (Å²) in [5.41, 5.74) is 0. The lowest BCUT2D eigenvalue weighted by Crippen LogP contribution is -3.00. The van der Waals surface area contributed by atoms with Gasteiger partial charge in [-0.05, 0) is 6.42 Å². The minimum Gasteiger partial charge on any atom is -1.00 e. The van der Waals surface area contributed by atoms with Gasteiger partial charge in [0.15, 0.2) is 0 Å². The molecule has 0 radical (unpaired) electrons. The smallest absolute Gasteiger partial charge is 0.102 e. The van der Waals surface area contributed by atoms with Gasteiger partial charge in [-0.1, -0.05) is 13.3 Å². The molecule has 0 saturated carbocycles. The van der Waals surface area contributed by atoms with Gasteiger partial charge >= 0.3 is 0 Å². The number of ether oxygens (including phenoxy) is 1. The molecule has 0 aromatic heterocycles. The van der Waals surface area contributed by atoms with Crippen molar-refractivity contribution < 1.29 is 26.2 Å². The second-order valence-electron chi connectivity index (χ2n) is 3.98. The minimum atomic E-state index is 0. The molecule has 3 heteroatoms. The van der Waals surface area contributed by atoms with Gasteiger partial charge in [-0.25, -0.2) is 0 Å². The van der Waals surface area contributed by atoms with Crippen molar-refractivity contribution in [3.63, 3.8) is 0 Å².